The number of rotatable bonds is 14. The predicted molar refractivity (Wildman–Crippen MR) is 134 cm³/mol. The number of aryl methyl sites for hydroxylation is 1. The lowest BCUT2D eigenvalue weighted by molar-refractivity contribution is -0.105. The van der Waals surface area contributed by atoms with Crippen molar-refractivity contribution in [2.24, 2.45) is 11.8 Å². The predicted octanol–water partition coefficient (Wildman–Crippen LogP) is 5.04. The highest BCUT2D eigenvalue weighted by Gasteiger charge is 2.22. The molecule has 0 saturated heterocycles. The highest BCUT2D eigenvalue weighted by molar-refractivity contribution is 6.30. The zero-order valence-electron chi connectivity index (χ0n) is 20.4. The van der Waals surface area contributed by atoms with Crippen LogP contribution in [0.15, 0.2) is 29.6 Å². The van der Waals surface area contributed by atoms with Crippen LogP contribution in [0.5, 0.6) is 5.75 Å². The highest BCUT2D eigenvalue weighted by atomic mass is 35.5. The number of hydrogen-bond donors (Lipinski definition) is 2. The third kappa shape index (κ3) is 9.03. The lowest BCUT2D eigenvalue weighted by atomic mass is 9.79. The molecule has 0 aromatic heterocycles. The van der Waals surface area contributed by atoms with Crippen LogP contribution in [0.2, 0.25) is 5.02 Å². The second-order valence-electron chi connectivity index (χ2n) is 9.17. The van der Waals surface area contributed by atoms with E-state index in [0.717, 1.165) is 61.0 Å². The maximum absolute atomic E-state index is 11.7. The van der Waals surface area contributed by atoms with Gasteiger partial charge < -0.3 is 20.3 Å². The summed E-state index contributed by atoms with van der Waals surface area (Å²) in [5.74, 6) is 2.35. The van der Waals surface area contributed by atoms with Crippen molar-refractivity contribution in [3.05, 3.63) is 40.2 Å². The van der Waals surface area contributed by atoms with E-state index in [-0.39, 0.29) is 0 Å². The minimum Gasteiger partial charge on any atom is -0.494 e. The fourth-order valence-corrected chi connectivity index (χ4v) is 4.87. The Morgan fingerprint density at radius 1 is 1.28 bits per heavy atom. The van der Waals surface area contributed by atoms with E-state index >= 15 is 0 Å². The molecule has 180 valence electrons. The molecule has 1 aromatic rings. The number of hydrogen-bond acceptors (Lipinski definition) is 5. The van der Waals surface area contributed by atoms with Crippen molar-refractivity contribution < 1.29 is 9.53 Å². The maximum Gasteiger partial charge on any atom is 0.167 e. The Labute approximate surface area is 199 Å². The summed E-state index contributed by atoms with van der Waals surface area (Å²) >= 11 is 6.21. The number of carbonyl (C=O) groups excluding carboxylic acids is 1. The van der Waals surface area contributed by atoms with Crippen molar-refractivity contribution in [3.8, 4) is 5.75 Å². The molecule has 0 amide bonds. The fraction of sp³-hybridized carbons (Fsp3) is 0.654. The third-order valence-electron chi connectivity index (χ3n) is 6.41. The molecule has 6 heteroatoms. The Balaban J connectivity index is 1.83. The summed E-state index contributed by atoms with van der Waals surface area (Å²) in [5.41, 5.74) is 2.92. The van der Waals surface area contributed by atoms with Crippen LogP contribution in [-0.4, -0.2) is 52.0 Å². The second kappa shape index (κ2) is 14.4. The van der Waals surface area contributed by atoms with Gasteiger partial charge in [-0.25, -0.2) is 0 Å². The molecule has 0 bridgehead atoms. The number of ether oxygens (including phenoxy) is 1. The van der Waals surface area contributed by atoms with E-state index in [2.05, 4.69) is 15.5 Å². The average molecular weight is 464 g/mol. The average Bonchev–Trinajstić information content (AvgIpc) is 2.78. The molecular weight excluding hydrogens is 422 g/mol. The summed E-state index contributed by atoms with van der Waals surface area (Å²) < 4.78 is 5.77. The monoisotopic (exact) mass is 463 g/mol. The summed E-state index contributed by atoms with van der Waals surface area (Å²) in [7, 11) is 5.99. The molecule has 1 aliphatic carbocycles. The SMILES string of the molecule is CCOc1ccc(Cl)cc1CCCC1CCCC(CN/C(C=O)=C(\CCN(C)C)NC)C1. The molecule has 0 radical (unpaired) electrons. The minimum atomic E-state index is 0.626. The van der Waals surface area contributed by atoms with Crippen molar-refractivity contribution in [1.82, 2.24) is 15.5 Å². The van der Waals surface area contributed by atoms with Crippen molar-refractivity contribution in [2.75, 3.05) is 40.8 Å². The highest BCUT2D eigenvalue weighted by Crippen LogP contribution is 2.33. The summed E-state index contributed by atoms with van der Waals surface area (Å²) in [6.45, 7) is 4.48. The molecule has 2 N–H and O–H groups in total. The molecule has 2 rings (SSSR count). The van der Waals surface area contributed by atoms with Crippen LogP contribution in [-0.2, 0) is 11.2 Å². The number of nitrogens with one attached hydrogen (secondary N) is 2. The lowest BCUT2D eigenvalue weighted by Gasteiger charge is -2.30. The number of benzene rings is 1. The van der Waals surface area contributed by atoms with Crippen LogP contribution in [0.1, 0.15) is 57.4 Å². The number of carbonyl (C=O) groups is 1. The first-order valence-electron chi connectivity index (χ1n) is 12.1. The number of aldehydes is 1. The standard InChI is InChI=1S/C26H42ClN3O2/c1-5-32-26-13-12-23(27)17-22(26)11-7-9-20-8-6-10-21(16-20)18-29-25(19-31)24(28-2)14-15-30(3)4/h12-13,17,19-21,28-29H,5-11,14-16,18H2,1-4H3/b25-24+. The topological polar surface area (TPSA) is 53.6 Å². The van der Waals surface area contributed by atoms with E-state index in [1.54, 1.807) is 0 Å². The Morgan fingerprint density at radius 3 is 2.75 bits per heavy atom. The molecule has 1 fully saturated rings. The van der Waals surface area contributed by atoms with Gasteiger partial charge >= 0.3 is 0 Å². The molecule has 2 atom stereocenters. The van der Waals surface area contributed by atoms with Crippen LogP contribution in [0.3, 0.4) is 0 Å². The summed E-state index contributed by atoms with van der Waals surface area (Å²) in [6.07, 6.45) is 10.3. The van der Waals surface area contributed by atoms with E-state index in [1.807, 2.05) is 46.3 Å². The lowest BCUT2D eigenvalue weighted by Crippen LogP contribution is -2.30. The Morgan fingerprint density at radius 2 is 2.06 bits per heavy atom. The molecule has 1 aromatic carbocycles. The molecule has 1 saturated carbocycles. The molecule has 0 aliphatic heterocycles. The normalized spacial score (nSPS) is 19.4. The quantitative estimate of drug-likeness (QED) is 0.299. The van der Waals surface area contributed by atoms with E-state index in [9.17, 15) is 4.79 Å². The van der Waals surface area contributed by atoms with Gasteiger partial charge in [-0.3, -0.25) is 4.79 Å². The van der Waals surface area contributed by atoms with Gasteiger partial charge in [0.2, 0.25) is 0 Å². The Kier molecular flexibility index (Phi) is 12.0. The van der Waals surface area contributed by atoms with Crippen molar-refractivity contribution >= 4 is 17.9 Å². The van der Waals surface area contributed by atoms with Crippen LogP contribution in [0, 0.1) is 11.8 Å². The molecular formula is C26H42ClN3O2. The van der Waals surface area contributed by atoms with Gasteiger partial charge in [-0.15, -0.1) is 0 Å². The van der Waals surface area contributed by atoms with Gasteiger partial charge in [0, 0.05) is 37.3 Å². The van der Waals surface area contributed by atoms with E-state index in [1.165, 1.54) is 37.7 Å². The van der Waals surface area contributed by atoms with Crippen LogP contribution in [0.25, 0.3) is 0 Å². The van der Waals surface area contributed by atoms with Crippen molar-refractivity contribution in [3.63, 3.8) is 0 Å². The third-order valence-corrected chi connectivity index (χ3v) is 6.64. The molecule has 1 aliphatic rings. The van der Waals surface area contributed by atoms with Crippen LogP contribution < -0.4 is 15.4 Å². The number of nitrogens with zero attached hydrogens (tertiary/aromatic N) is 1. The van der Waals surface area contributed by atoms with Gasteiger partial charge in [0.05, 0.1) is 12.3 Å². The first-order chi connectivity index (χ1) is 15.5. The first-order valence-corrected chi connectivity index (χ1v) is 12.5. The first kappa shape index (κ1) is 26.5. The largest absolute Gasteiger partial charge is 0.494 e. The minimum absolute atomic E-state index is 0.626. The van der Waals surface area contributed by atoms with Gasteiger partial charge in [-0.05, 0) is 82.3 Å². The van der Waals surface area contributed by atoms with Gasteiger partial charge in [0.1, 0.15) is 5.75 Å². The molecule has 0 spiro atoms. The van der Waals surface area contributed by atoms with Gasteiger partial charge in [0.25, 0.3) is 0 Å². The van der Waals surface area contributed by atoms with E-state index < -0.39 is 0 Å². The van der Waals surface area contributed by atoms with Gasteiger partial charge in [-0.2, -0.15) is 0 Å². The zero-order valence-corrected chi connectivity index (χ0v) is 21.1. The van der Waals surface area contributed by atoms with E-state index in [0.29, 0.717) is 18.2 Å². The molecule has 2 unspecified atom stereocenters. The van der Waals surface area contributed by atoms with Crippen molar-refractivity contribution in [2.45, 2.75) is 58.3 Å². The van der Waals surface area contributed by atoms with Gasteiger partial charge in [-0.1, -0.05) is 30.9 Å². The molecule has 0 heterocycles. The smallest absolute Gasteiger partial charge is 0.167 e. The maximum atomic E-state index is 11.7. The number of allylic oxidation sites excluding steroid dienone is 1. The van der Waals surface area contributed by atoms with E-state index in [4.69, 9.17) is 16.3 Å². The van der Waals surface area contributed by atoms with Gasteiger partial charge in [0.15, 0.2) is 6.29 Å². The number of halogens is 1. The second-order valence-corrected chi connectivity index (χ2v) is 9.61. The van der Waals surface area contributed by atoms with Crippen LogP contribution >= 0.6 is 11.6 Å². The summed E-state index contributed by atoms with van der Waals surface area (Å²) in [6, 6.07) is 5.93. The molecule has 32 heavy (non-hydrogen) atoms. The summed E-state index contributed by atoms with van der Waals surface area (Å²) in [5, 5.41) is 7.42. The molecule has 5 nitrogen and oxygen atoms in total. The van der Waals surface area contributed by atoms with Crippen molar-refractivity contribution in [1.29, 1.82) is 0 Å². The summed E-state index contributed by atoms with van der Waals surface area (Å²) in [4.78, 5) is 13.8. The fourth-order valence-electron chi connectivity index (χ4n) is 4.67. The Bertz CT molecular complexity index is 736. The Hall–Kier alpha value is -1.72. The zero-order chi connectivity index (χ0) is 23.3. The van der Waals surface area contributed by atoms with Crippen LogP contribution in [0.4, 0.5) is 0 Å².